The zero-order chi connectivity index (χ0) is 19.8. The largest absolute Gasteiger partial charge is 0.469 e. The predicted molar refractivity (Wildman–Crippen MR) is 108 cm³/mol. The van der Waals surface area contributed by atoms with Gasteiger partial charge in [0.15, 0.2) is 0 Å². The minimum atomic E-state index is -0.916. The van der Waals surface area contributed by atoms with Gasteiger partial charge in [-0.05, 0) is 38.0 Å². The third-order valence-corrected chi connectivity index (χ3v) is 8.32. The summed E-state index contributed by atoms with van der Waals surface area (Å²) in [5, 5.41) is 20.7. The van der Waals surface area contributed by atoms with E-state index in [0.717, 1.165) is 51.4 Å². The van der Waals surface area contributed by atoms with Gasteiger partial charge in [-0.1, -0.05) is 44.8 Å². The lowest BCUT2D eigenvalue weighted by Gasteiger charge is -2.18. The van der Waals surface area contributed by atoms with Crippen LogP contribution in [0.2, 0.25) is 0 Å². The van der Waals surface area contributed by atoms with Crippen LogP contribution in [-0.4, -0.2) is 50.2 Å². The van der Waals surface area contributed by atoms with E-state index in [2.05, 4.69) is 11.7 Å². The third kappa shape index (κ3) is 6.40. The van der Waals surface area contributed by atoms with E-state index >= 15 is 0 Å². The minimum Gasteiger partial charge on any atom is -0.469 e. The molecule has 2 rings (SSSR count). The van der Waals surface area contributed by atoms with E-state index in [9.17, 15) is 19.2 Å². The number of rotatable bonds is 11. The van der Waals surface area contributed by atoms with Crippen LogP contribution >= 0.6 is 0 Å². The van der Waals surface area contributed by atoms with Gasteiger partial charge in [-0.15, -0.1) is 0 Å². The lowest BCUT2D eigenvalue weighted by Crippen LogP contribution is -2.20. The number of hydrogen-bond acceptors (Lipinski definition) is 5. The molecule has 0 aromatic rings. The molecule has 1 aliphatic carbocycles. The molecule has 0 aromatic heterocycles. The van der Waals surface area contributed by atoms with Crippen LogP contribution in [0.3, 0.4) is 0 Å². The van der Waals surface area contributed by atoms with Gasteiger partial charge in [0.1, 0.15) is 0 Å². The van der Waals surface area contributed by atoms with Gasteiger partial charge < -0.3 is 14.9 Å². The quantitative estimate of drug-likeness (QED) is 0.316. The first-order chi connectivity index (χ1) is 13.0. The summed E-state index contributed by atoms with van der Waals surface area (Å²) in [7, 11) is 0.482. The van der Waals surface area contributed by atoms with Gasteiger partial charge in [-0.25, -0.2) is 0 Å². The van der Waals surface area contributed by atoms with Crippen LogP contribution in [0.4, 0.5) is 0 Å². The van der Waals surface area contributed by atoms with Crippen molar-refractivity contribution in [2.24, 2.45) is 11.8 Å². The Morgan fingerprint density at radius 1 is 1.26 bits per heavy atom. The van der Waals surface area contributed by atoms with Crippen molar-refractivity contribution < 1.29 is 24.0 Å². The van der Waals surface area contributed by atoms with Crippen molar-refractivity contribution in [3.8, 4) is 0 Å². The summed E-state index contributed by atoms with van der Waals surface area (Å²) in [6, 6.07) is 0. The van der Waals surface area contributed by atoms with Gasteiger partial charge in [0.05, 0.1) is 19.3 Å². The number of methoxy groups -OCH3 is 1. The van der Waals surface area contributed by atoms with Gasteiger partial charge in [-0.2, -0.15) is 0 Å². The number of esters is 1. The summed E-state index contributed by atoms with van der Waals surface area (Å²) in [5.41, 5.74) is 0. The average molecular weight is 401 g/mol. The maximum atomic E-state index is 12.8. The van der Waals surface area contributed by atoms with Crippen molar-refractivity contribution in [1.29, 1.82) is 0 Å². The van der Waals surface area contributed by atoms with Crippen LogP contribution in [-0.2, 0) is 20.3 Å². The number of carbonyl (C=O) groups is 1. The van der Waals surface area contributed by atoms with Gasteiger partial charge in [-0.3, -0.25) is 9.00 Å². The molecular weight excluding hydrogens is 364 g/mol. The van der Waals surface area contributed by atoms with Crippen molar-refractivity contribution in [2.75, 3.05) is 7.11 Å². The Kier molecular flexibility index (Phi) is 9.46. The van der Waals surface area contributed by atoms with Crippen LogP contribution in [0.1, 0.15) is 71.1 Å². The summed E-state index contributed by atoms with van der Waals surface area (Å²) in [6.45, 7) is 2.14. The predicted octanol–water partition coefficient (Wildman–Crippen LogP) is 3.10. The molecule has 0 bridgehead atoms. The molecule has 0 amide bonds. The Bertz CT molecular complexity index is 521. The van der Waals surface area contributed by atoms with E-state index in [4.69, 9.17) is 0 Å². The normalized spacial score (nSPS) is 34.1. The smallest absolute Gasteiger partial charge is 0.305 e. The maximum absolute atomic E-state index is 12.8. The van der Waals surface area contributed by atoms with E-state index in [1.165, 1.54) is 7.11 Å². The Morgan fingerprint density at radius 3 is 2.74 bits per heavy atom. The van der Waals surface area contributed by atoms with Crippen molar-refractivity contribution in [2.45, 2.75) is 93.8 Å². The topological polar surface area (TPSA) is 83.8 Å². The van der Waals surface area contributed by atoms with E-state index < -0.39 is 23.0 Å². The molecule has 2 aliphatic rings. The van der Waals surface area contributed by atoms with Crippen LogP contribution in [0.25, 0.3) is 0 Å². The fraction of sp³-hybridized carbons (Fsp3) is 0.857. The van der Waals surface area contributed by atoms with Crippen molar-refractivity contribution in [1.82, 2.24) is 0 Å². The van der Waals surface area contributed by atoms with E-state index in [-0.39, 0.29) is 28.3 Å². The number of hydrogen-bond donors (Lipinski definition) is 2. The average Bonchev–Trinajstić information content (AvgIpc) is 3.12. The molecule has 5 nitrogen and oxygen atoms in total. The number of unbranched alkanes of at least 4 members (excludes halogenated alkanes) is 3. The summed E-state index contributed by atoms with van der Waals surface area (Å²) in [6.07, 6.45) is 11.3. The molecule has 1 aliphatic heterocycles. The first-order valence-corrected chi connectivity index (χ1v) is 11.8. The highest BCUT2D eigenvalue weighted by Crippen LogP contribution is 2.47. The standard InChI is InChI=1S/C21H36O5S/c1-3-4-5-8-15(22)11-12-17-18-13-16(9-6-7-10-21(24)26-2)27(25)20(18)14-19(17)23/h11-12,15-20,22-23H,3-10,13-14H2,1-2H3/t15-,16?,17+,18+,19+,20+,27?/m0/s1. The molecule has 2 fully saturated rings. The Balaban J connectivity index is 1.83. The van der Waals surface area contributed by atoms with Crippen molar-refractivity contribution in [3.63, 3.8) is 0 Å². The van der Waals surface area contributed by atoms with Gasteiger partial charge in [0.25, 0.3) is 0 Å². The lowest BCUT2D eigenvalue weighted by molar-refractivity contribution is -0.140. The number of ether oxygens (including phenoxy) is 1. The number of aliphatic hydroxyl groups excluding tert-OH is 2. The van der Waals surface area contributed by atoms with Crippen LogP contribution in [0.15, 0.2) is 12.2 Å². The summed E-state index contributed by atoms with van der Waals surface area (Å²) < 4.78 is 17.5. The first kappa shape index (κ1) is 22.6. The zero-order valence-corrected chi connectivity index (χ0v) is 17.5. The molecule has 7 atom stereocenters. The van der Waals surface area contributed by atoms with E-state index in [0.29, 0.717) is 12.8 Å². The van der Waals surface area contributed by atoms with Gasteiger partial charge >= 0.3 is 5.97 Å². The first-order valence-electron chi connectivity index (χ1n) is 10.5. The van der Waals surface area contributed by atoms with Crippen molar-refractivity contribution >= 4 is 16.8 Å². The molecule has 156 valence electrons. The van der Waals surface area contributed by atoms with Crippen LogP contribution in [0.5, 0.6) is 0 Å². The Morgan fingerprint density at radius 2 is 2.04 bits per heavy atom. The second kappa shape index (κ2) is 11.3. The molecule has 2 N–H and O–H groups in total. The molecule has 1 saturated carbocycles. The monoisotopic (exact) mass is 400 g/mol. The molecule has 2 unspecified atom stereocenters. The molecular formula is C21H36O5S. The number of carbonyl (C=O) groups excluding carboxylic acids is 1. The van der Waals surface area contributed by atoms with Crippen molar-refractivity contribution in [3.05, 3.63) is 12.2 Å². The summed E-state index contributed by atoms with van der Waals surface area (Å²) >= 11 is 0. The molecule has 27 heavy (non-hydrogen) atoms. The number of fused-ring (bicyclic) bond motifs is 1. The van der Waals surface area contributed by atoms with Crippen LogP contribution in [0, 0.1) is 11.8 Å². The Hall–Kier alpha value is -0.720. The Labute approximate surface area is 166 Å². The SMILES string of the molecule is CCCCC[C@H](O)C=C[C@@H]1[C@H]2CC(CCCCC(=O)OC)S(=O)[C@@H]2C[C@H]1O. The molecule has 1 heterocycles. The highest BCUT2D eigenvalue weighted by Gasteiger charge is 2.51. The maximum Gasteiger partial charge on any atom is 0.305 e. The molecule has 6 heteroatoms. The molecule has 0 spiro atoms. The second-order valence-corrected chi connectivity index (χ2v) is 9.97. The molecule has 0 radical (unpaired) electrons. The van der Waals surface area contributed by atoms with Gasteiger partial charge in [0, 0.05) is 33.6 Å². The highest BCUT2D eigenvalue weighted by molar-refractivity contribution is 7.86. The summed E-state index contributed by atoms with van der Waals surface area (Å²) in [4.78, 5) is 11.2. The van der Waals surface area contributed by atoms with Gasteiger partial charge in [0.2, 0.25) is 0 Å². The minimum absolute atomic E-state index is 0.000144. The third-order valence-electron chi connectivity index (χ3n) is 6.10. The summed E-state index contributed by atoms with van der Waals surface area (Å²) in [5.74, 6) is 0.0515. The fourth-order valence-corrected chi connectivity index (χ4v) is 6.86. The van der Waals surface area contributed by atoms with E-state index in [1.807, 2.05) is 12.2 Å². The second-order valence-electron chi connectivity index (χ2n) is 8.04. The molecule has 1 saturated heterocycles. The highest BCUT2D eigenvalue weighted by atomic mass is 32.2. The molecule has 0 aromatic carbocycles. The lowest BCUT2D eigenvalue weighted by atomic mass is 9.89. The van der Waals surface area contributed by atoms with E-state index in [1.54, 1.807) is 0 Å². The van der Waals surface area contributed by atoms with Crippen LogP contribution < -0.4 is 0 Å². The zero-order valence-electron chi connectivity index (χ0n) is 16.7. The fourth-order valence-electron chi connectivity index (χ4n) is 4.53. The number of aliphatic hydroxyl groups is 2.